The fourth-order valence-electron chi connectivity index (χ4n) is 6.77. The largest absolute Gasteiger partial charge is 0.508 e. The Morgan fingerprint density at radius 3 is 2.29 bits per heavy atom. The van der Waals surface area contributed by atoms with Gasteiger partial charge in [-0.1, -0.05) is 12.1 Å². The predicted octanol–water partition coefficient (Wildman–Crippen LogP) is 0.934. The molecule has 2 aromatic rings. The summed E-state index contributed by atoms with van der Waals surface area (Å²) in [6.07, 6.45) is 0.0756. The molecule has 0 saturated heterocycles. The smallest absolute Gasteiger partial charge is 0.319 e. The van der Waals surface area contributed by atoms with Gasteiger partial charge in [0.25, 0.3) is 5.91 Å². The van der Waals surface area contributed by atoms with Crippen LogP contribution in [-0.4, -0.2) is 88.7 Å². The molecule has 3 amide bonds. The van der Waals surface area contributed by atoms with Crippen molar-refractivity contribution in [1.82, 2.24) is 10.2 Å². The number of ketones is 2. The van der Waals surface area contributed by atoms with E-state index in [4.69, 9.17) is 11.5 Å². The molecule has 238 valence electrons. The number of nitrogens with one attached hydrogen (secondary N) is 2. The van der Waals surface area contributed by atoms with Gasteiger partial charge >= 0.3 is 6.03 Å². The molecule has 0 radical (unpaired) electrons. The zero-order chi connectivity index (χ0) is 33.1. The van der Waals surface area contributed by atoms with Crippen molar-refractivity contribution in [3.05, 3.63) is 63.9 Å². The number of phenolic OH excluding ortho intramolecular Hbond substituents is 1. The van der Waals surface area contributed by atoms with Crippen molar-refractivity contribution in [3.8, 4) is 5.75 Å². The lowest BCUT2D eigenvalue weighted by molar-refractivity contribution is -0.153. The fraction of sp³-hybridized carbons (Fsp3) is 0.355. The zero-order valence-electron chi connectivity index (χ0n) is 25.2. The Balaban J connectivity index is 1.58. The van der Waals surface area contributed by atoms with Crippen molar-refractivity contribution in [2.75, 3.05) is 44.1 Å². The van der Waals surface area contributed by atoms with Gasteiger partial charge < -0.3 is 47.4 Å². The minimum atomic E-state index is -2.75. The monoisotopic (exact) mass is 620 g/mol. The molecule has 0 heterocycles. The average Bonchev–Trinajstić information content (AvgIpc) is 2.95. The van der Waals surface area contributed by atoms with Gasteiger partial charge in [0, 0.05) is 43.5 Å². The number of fused-ring (bicyclic) bond motifs is 3. The maximum Gasteiger partial charge on any atom is 0.319 e. The molecule has 14 heteroatoms. The summed E-state index contributed by atoms with van der Waals surface area (Å²) in [7, 11) is 6.54. The summed E-state index contributed by atoms with van der Waals surface area (Å²) in [5.41, 5.74) is 9.32. The van der Waals surface area contributed by atoms with Crippen molar-refractivity contribution in [2.24, 2.45) is 17.6 Å². The molecule has 10 N–H and O–H groups in total. The summed E-state index contributed by atoms with van der Waals surface area (Å²) in [6, 6.07) is 6.59. The molecule has 0 bridgehead atoms. The van der Waals surface area contributed by atoms with E-state index >= 15 is 0 Å². The molecule has 3 aliphatic rings. The number of primary amides is 1. The number of aliphatic hydroxyl groups is 3. The Morgan fingerprint density at radius 2 is 1.71 bits per heavy atom. The first-order chi connectivity index (χ1) is 21.1. The van der Waals surface area contributed by atoms with E-state index in [-0.39, 0.29) is 36.2 Å². The molecule has 0 unspecified atom stereocenters. The number of carbonyl (C=O) groups excluding carboxylic acids is 4. The number of nitrogens with zero attached hydrogens (tertiary/aromatic N) is 2. The lowest BCUT2D eigenvalue weighted by Gasteiger charge is -2.50. The second-order valence-electron chi connectivity index (χ2n) is 12.1. The number of likely N-dealkylation sites (N-methyl/N-ethyl adjacent to an activating group) is 1. The summed E-state index contributed by atoms with van der Waals surface area (Å²) in [4.78, 5) is 55.5. The molecule has 45 heavy (non-hydrogen) atoms. The van der Waals surface area contributed by atoms with E-state index < -0.39 is 69.8 Å². The van der Waals surface area contributed by atoms with Gasteiger partial charge in [-0.25, -0.2) is 4.79 Å². The van der Waals surface area contributed by atoms with E-state index in [9.17, 15) is 39.6 Å². The number of hydrogen-bond acceptors (Lipinski definition) is 11. The number of Topliss-reactive ketones (excluding diaryl/α,β-unsaturated/α-hetero) is 2. The van der Waals surface area contributed by atoms with Gasteiger partial charge in [0.2, 0.25) is 5.78 Å². The molecule has 0 aliphatic heterocycles. The van der Waals surface area contributed by atoms with Gasteiger partial charge in [-0.15, -0.1) is 0 Å². The van der Waals surface area contributed by atoms with Crippen LogP contribution in [0.2, 0.25) is 0 Å². The Morgan fingerprint density at radius 1 is 1.07 bits per heavy atom. The number of urea groups is 1. The van der Waals surface area contributed by atoms with Crippen LogP contribution in [0.4, 0.5) is 21.9 Å². The Hall–Kier alpha value is -5.08. The van der Waals surface area contributed by atoms with E-state index in [2.05, 4.69) is 10.6 Å². The second kappa shape index (κ2) is 11.1. The van der Waals surface area contributed by atoms with E-state index in [1.54, 1.807) is 43.3 Å². The first kappa shape index (κ1) is 31.3. The van der Waals surface area contributed by atoms with Crippen LogP contribution in [0.15, 0.2) is 47.2 Å². The summed E-state index contributed by atoms with van der Waals surface area (Å²) in [5.74, 6) is -7.50. The molecule has 0 spiro atoms. The van der Waals surface area contributed by atoms with E-state index in [1.807, 2.05) is 0 Å². The molecule has 4 atom stereocenters. The standard InChI is InChI=1S/C31H36N6O8/c1-36(2)19-11-18(35-30(44)34-12-13-5-7-15(32)8-6-13)24(38)21-16(19)9-14-10-17-23(37(3)4)26(40)22(29(33)43)28(42)31(17,45)27(41)20(14)25(21)39/h5-8,11,14,17,23,38-39,42,45H,9-10,12,32H2,1-4H3,(H2,33,43)(H2,34,35,44)/t14-,17-,23-,31-/m0/s1. The van der Waals surface area contributed by atoms with Crippen LogP contribution in [0.25, 0.3) is 5.76 Å². The van der Waals surface area contributed by atoms with Gasteiger partial charge in [0.1, 0.15) is 17.1 Å². The minimum absolute atomic E-state index is 0.0348. The third kappa shape index (κ3) is 4.91. The third-order valence-electron chi connectivity index (χ3n) is 8.86. The SMILES string of the molecule is CN(C)c1cc(NC(=O)NCc2ccc(N)cc2)c(O)c2c1C[C@H]1C[C@H]3[C@H](N(C)C)C(=O)C(C(N)=O)=C(O)[C@@]3(O)C(=O)C1=C2O. The van der Waals surface area contributed by atoms with Crippen molar-refractivity contribution in [2.45, 2.75) is 31.0 Å². The molecule has 1 saturated carbocycles. The summed E-state index contributed by atoms with van der Waals surface area (Å²) < 4.78 is 0. The molecular weight excluding hydrogens is 584 g/mol. The molecular formula is C31H36N6O8. The van der Waals surface area contributed by atoms with Crippen LogP contribution < -0.4 is 27.0 Å². The highest BCUT2D eigenvalue weighted by molar-refractivity contribution is 6.24. The molecule has 14 nitrogen and oxygen atoms in total. The number of nitrogens with two attached hydrogens (primary N) is 2. The first-order valence-corrected chi connectivity index (χ1v) is 14.2. The van der Waals surface area contributed by atoms with Crippen LogP contribution in [-0.2, 0) is 27.3 Å². The average molecular weight is 621 g/mol. The second-order valence-corrected chi connectivity index (χ2v) is 12.1. The van der Waals surface area contributed by atoms with Crippen molar-refractivity contribution < 1.29 is 39.6 Å². The molecule has 5 rings (SSSR count). The third-order valence-corrected chi connectivity index (χ3v) is 8.86. The van der Waals surface area contributed by atoms with Crippen molar-refractivity contribution >= 4 is 46.3 Å². The number of aliphatic hydroxyl groups excluding tert-OH is 2. The summed E-state index contributed by atoms with van der Waals surface area (Å²) in [5, 5.41) is 51.0. The highest BCUT2D eigenvalue weighted by Gasteiger charge is 2.64. The van der Waals surface area contributed by atoms with Crippen LogP contribution in [0.5, 0.6) is 5.75 Å². The van der Waals surface area contributed by atoms with E-state index in [0.717, 1.165) is 5.56 Å². The normalized spacial score (nSPS) is 24.2. The van der Waals surface area contributed by atoms with Gasteiger partial charge in [-0.05, 0) is 62.2 Å². The Labute approximate surface area is 258 Å². The van der Waals surface area contributed by atoms with E-state index in [1.165, 1.54) is 25.1 Å². The topological polar surface area (TPSA) is 232 Å². The van der Waals surface area contributed by atoms with Crippen LogP contribution in [0.1, 0.15) is 23.1 Å². The Kier molecular flexibility index (Phi) is 7.75. The molecule has 1 fully saturated rings. The molecule has 2 aromatic carbocycles. The lowest BCUT2D eigenvalue weighted by Crippen LogP contribution is -2.65. The molecule has 3 aliphatic carbocycles. The summed E-state index contributed by atoms with van der Waals surface area (Å²) in [6.45, 7) is 0.157. The predicted molar refractivity (Wildman–Crippen MR) is 165 cm³/mol. The fourth-order valence-corrected chi connectivity index (χ4v) is 6.77. The minimum Gasteiger partial charge on any atom is -0.508 e. The lowest BCUT2D eigenvalue weighted by atomic mass is 9.57. The van der Waals surface area contributed by atoms with Gasteiger partial charge in [-0.3, -0.25) is 19.3 Å². The quantitative estimate of drug-likeness (QED) is 0.129. The highest BCUT2D eigenvalue weighted by atomic mass is 16.3. The Bertz CT molecular complexity index is 1700. The van der Waals surface area contributed by atoms with Crippen molar-refractivity contribution in [1.29, 1.82) is 0 Å². The maximum absolute atomic E-state index is 14.1. The highest BCUT2D eigenvalue weighted by Crippen LogP contribution is 2.54. The van der Waals surface area contributed by atoms with Crippen LogP contribution >= 0.6 is 0 Å². The van der Waals surface area contributed by atoms with E-state index in [0.29, 0.717) is 16.9 Å². The van der Waals surface area contributed by atoms with Crippen LogP contribution in [0.3, 0.4) is 0 Å². The number of phenols is 1. The number of anilines is 3. The number of nitrogen functional groups attached to an aromatic ring is 1. The number of benzene rings is 2. The summed E-state index contributed by atoms with van der Waals surface area (Å²) >= 11 is 0. The van der Waals surface area contributed by atoms with Crippen molar-refractivity contribution in [3.63, 3.8) is 0 Å². The number of rotatable bonds is 6. The van der Waals surface area contributed by atoms with Crippen LogP contribution in [0, 0.1) is 11.8 Å². The number of aromatic hydroxyl groups is 1. The number of amides is 3. The number of hydrogen-bond donors (Lipinski definition) is 8. The van der Waals surface area contributed by atoms with Gasteiger partial charge in [0.15, 0.2) is 17.1 Å². The molecule has 0 aromatic heterocycles. The maximum atomic E-state index is 14.1. The van der Waals surface area contributed by atoms with Gasteiger partial charge in [-0.2, -0.15) is 0 Å². The zero-order valence-corrected chi connectivity index (χ0v) is 25.2. The number of carbonyl (C=O) groups is 4. The van der Waals surface area contributed by atoms with Gasteiger partial charge in [0.05, 0.1) is 17.3 Å². The first-order valence-electron chi connectivity index (χ1n) is 14.2.